The van der Waals surface area contributed by atoms with Crippen molar-refractivity contribution in [3.63, 3.8) is 0 Å². The van der Waals surface area contributed by atoms with E-state index in [4.69, 9.17) is 14.5 Å². The number of para-hydroxylation sites is 1. The lowest BCUT2D eigenvalue weighted by Gasteiger charge is -2.17. The molecule has 1 heterocycles. The molecule has 0 aliphatic rings. The molecule has 5 aromatic carbocycles. The molecule has 0 saturated carbocycles. The number of benzene rings is 5. The van der Waals surface area contributed by atoms with Crippen LogP contribution in [0.5, 0.6) is 11.5 Å². The third kappa shape index (κ3) is 5.82. The third-order valence-electron chi connectivity index (χ3n) is 7.96. The summed E-state index contributed by atoms with van der Waals surface area (Å²) in [5.41, 5.74) is 3.87. The molecule has 1 aromatic heterocycles. The Labute approximate surface area is 265 Å². The average Bonchev–Trinajstić information content (AvgIpc) is 3.06. The summed E-state index contributed by atoms with van der Waals surface area (Å²) < 4.78 is 12.8. The highest BCUT2D eigenvalue weighted by atomic mass is 16.6. The van der Waals surface area contributed by atoms with Crippen LogP contribution >= 0.6 is 0 Å². The van der Waals surface area contributed by atoms with Crippen molar-refractivity contribution in [3.8, 4) is 22.9 Å². The van der Waals surface area contributed by atoms with Crippen molar-refractivity contribution < 1.29 is 14.4 Å². The van der Waals surface area contributed by atoms with E-state index in [0.29, 0.717) is 22.3 Å². The molecular formula is C37H32N4O5. The molecule has 0 aliphatic heterocycles. The fraction of sp³-hybridized carbons (Fsp3) is 0.162. The Morgan fingerprint density at radius 3 is 2.43 bits per heavy atom. The van der Waals surface area contributed by atoms with E-state index < -0.39 is 4.92 Å². The van der Waals surface area contributed by atoms with Crippen LogP contribution in [0, 0.1) is 17.0 Å². The smallest absolute Gasteiger partial charge is 0.311 e. The van der Waals surface area contributed by atoms with E-state index >= 15 is 0 Å². The van der Waals surface area contributed by atoms with Crippen LogP contribution in [0.25, 0.3) is 33.1 Å². The molecule has 46 heavy (non-hydrogen) atoms. The van der Waals surface area contributed by atoms with Crippen molar-refractivity contribution in [3.05, 3.63) is 140 Å². The molecule has 6 rings (SSSR count). The highest BCUT2D eigenvalue weighted by Gasteiger charge is 2.19. The van der Waals surface area contributed by atoms with Gasteiger partial charge in [0.05, 0.1) is 29.2 Å². The van der Waals surface area contributed by atoms with Crippen LogP contribution in [0.1, 0.15) is 42.0 Å². The minimum atomic E-state index is -0.487. The zero-order chi connectivity index (χ0) is 32.4. The first-order valence-electron chi connectivity index (χ1n) is 14.9. The fourth-order valence-electron chi connectivity index (χ4n) is 5.55. The summed E-state index contributed by atoms with van der Waals surface area (Å²) in [6, 6.07) is 29.4. The van der Waals surface area contributed by atoms with Crippen molar-refractivity contribution in [2.45, 2.75) is 33.3 Å². The summed E-state index contributed by atoms with van der Waals surface area (Å²) in [6.07, 6.45) is 1.42. The van der Waals surface area contributed by atoms with Crippen LogP contribution < -0.4 is 15.0 Å². The number of nitrogens with zero attached hydrogens (tertiary/aromatic N) is 4. The Morgan fingerprint density at radius 1 is 0.935 bits per heavy atom. The predicted octanol–water partition coefficient (Wildman–Crippen LogP) is 8.03. The second kappa shape index (κ2) is 12.6. The van der Waals surface area contributed by atoms with Crippen LogP contribution in [0.4, 0.5) is 5.69 Å². The maximum absolute atomic E-state index is 13.8. The molecule has 0 amide bonds. The molecule has 0 fully saturated rings. The zero-order valence-electron chi connectivity index (χ0n) is 25.9. The van der Waals surface area contributed by atoms with Gasteiger partial charge in [-0.1, -0.05) is 68.4 Å². The first-order chi connectivity index (χ1) is 22.2. The lowest BCUT2D eigenvalue weighted by Crippen LogP contribution is -2.20. The Kier molecular flexibility index (Phi) is 8.31. The highest BCUT2D eigenvalue weighted by molar-refractivity contribution is 5.86. The number of nitro groups is 1. The van der Waals surface area contributed by atoms with Gasteiger partial charge in [0.25, 0.3) is 5.56 Å². The molecule has 6 aromatic rings. The van der Waals surface area contributed by atoms with Gasteiger partial charge < -0.3 is 9.47 Å². The van der Waals surface area contributed by atoms with Crippen molar-refractivity contribution >= 4 is 33.6 Å². The number of aromatic nitrogens is 2. The summed E-state index contributed by atoms with van der Waals surface area (Å²) >= 11 is 0. The van der Waals surface area contributed by atoms with Gasteiger partial charge in [0, 0.05) is 17.2 Å². The van der Waals surface area contributed by atoms with E-state index in [0.717, 1.165) is 38.8 Å². The zero-order valence-corrected chi connectivity index (χ0v) is 25.9. The molecule has 0 aliphatic carbocycles. The van der Waals surface area contributed by atoms with E-state index in [2.05, 4.69) is 18.9 Å². The first kappa shape index (κ1) is 30.2. The normalized spacial score (nSPS) is 11.5. The lowest BCUT2D eigenvalue weighted by molar-refractivity contribution is -0.385. The van der Waals surface area contributed by atoms with E-state index in [1.54, 1.807) is 37.4 Å². The van der Waals surface area contributed by atoms with Crippen LogP contribution in [0.15, 0.2) is 107 Å². The molecule has 0 saturated heterocycles. The molecule has 230 valence electrons. The SMILES string of the molecule is COc1cc(C)c(-c2nc3ccccc3c(=O)n2N=Cc2ccc(OCc3cccc4ccccc34)c([N+](=O)[O-])c2)cc1C(C)C. The number of hydrogen-bond acceptors (Lipinski definition) is 7. The van der Waals surface area contributed by atoms with Crippen molar-refractivity contribution in [2.75, 3.05) is 7.11 Å². The second-order valence-corrected chi connectivity index (χ2v) is 11.3. The molecule has 0 unspecified atom stereocenters. The van der Waals surface area contributed by atoms with Crippen LogP contribution in [0.2, 0.25) is 0 Å². The molecule has 0 spiro atoms. The predicted molar refractivity (Wildman–Crippen MR) is 181 cm³/mol. The Morgan fingerprint density at radius 2 is 1.67 bits per heavy atom. The average molecular weight is 613 g/mol. The Bertz CT molecular complexity index is 2200. The van der Waals surface area contributed by atoms with Crippen molar-refractivity contribution in [2.24, 2.45) is 5.10 Å². The molecule has 9 heteroatoms. The maximum atomic E-state index is 13.8. The fourth-order valence-corrected chi connectivity index (χ4v) is 5.55. The Hall–Kier alpha value is -5.83. The van der Waals surface area contributed by atoms with Crippen molar-refractivity contribution in [1.29, 1.82) is 0 Å². The summed E-state index contributed by atoms with van der Waals surface area (Å²) in [5, 5.41) is 19.1. The summed E-state index contributed by atoms with van der Waals surface area (Å²) in [4.78, 5) is 30.3. The van der Waals surface area contributed by atoms with Gasteiger partial charge in [-0.15, -0.1) is 0 Å². The van der Waals surface area contributed by atoms with E-state index in [1.165, 1.54) is 17.0 Å². The number of rotatable bonds is 9. The summed E-state index contributed by atoms with van der Waals surface area (Å²) in [5.74, 6) is 1.40. The van der Waals surface area contributed by atoms with Crippen molar-refractivity contribution in [1.82, 2.24) is 9.66 Å². The molecule has 0 N–H and O–H groups in total. The topological polar surface area (TPSA) is 109 Å². The monoisotopic (exact) mass is 612 g/mol. The first-order valence-corrected chi connectivity index (χ1v) is 14.9. The van der Waals surface area contributed by atoms with E-state index in [1.807, 2.05) is 67.6 Å². The molecular weight excluding hydrogens is 580 g/mol. The number of methoxy groups -OCH3 is 1. The second-order valence-electron chi connectivity index (χ2n) is 11.3. The Balaban J connectivity index is 1.40. The highest BCUT2D eigenvalue weighted by Crippen LogP contribution is 2.34. The third-order valence-corrected chi connectivity index (χ3v) is 7.96. The molecule has 9 nitrogen and oxygen atoms in total. The molecule has 0 atom stereocenters. The summed E-state index contributed by atoms with van der Waals surface area (Å²) in [6.45, 7) is 6.23. The van der Waals surface area contributed by atoms with Gasteiger partial charge in [-0.3, -0.25) is 14.9 Å². The number of fused-ring (bicyclic) bond motifs is 2. The van der Waals surface area contributed by atoms with Gasteiger partial charge in [-0.05, 0) is 76.7 Å². The van der Waals surface area contributed by atoms with Gasteiger partial charge in [-0.2, -0.15) is 9.78 Å². The molecule has 0 bridgehead atoms. The maximum Gasteiger partial charge on any atom is 0.311 e. The minimum Gasteiger partial charge on any atom is -0.496 e. The van der Waals surface area contributed by atoms with Gasteiger partial charge in [0.15, 0.2) is 11.6 Å². The number of hydrogen-bond donors (Lipinski definition) is 0. The van der Waals surface area contributed by atoms with Gasteiger partial charge in [0.1, 0.15) is 12.4 Å². The van der Waals surface area contributed by atoms with E-state index in [-0.39, 0.29) is 29.5 Å². The minimum absolute atomic E-state index is 0.135. The largest absolute Gasteiger partial charge is 0.496 e. The van der Waals surface area contributed by atoms with Gasteiger partial charge >= 0.3 is 5.69 Å². The van der Waals surface area contributed by atoms with Gasteiger partial charge in [0.2, 0.25) is 0 Å². The van der Waals surface area contributed by atoms with Crippen LogP contribution in [-0.4, -0.2) is 27.9 Å². The number of aryl methyl sites for hydroxylation is 1. The standard InChI is InChI=1S/C37H32N4O5/c1-23(2)30-20-31(24(3)18-35(30)45-4)36-39-32-15-8-7-14-29(32)37(42)40(36)38-21-25-16-17-34(33(19-25)41(43)44)46-22-27-12-9-11-26-10-5-6-13-28(26)27/h5-21,23H,22H2,1-4H3. The van der Waals surface area contributed by atoms with Crippen LogP contribution in [-0.2, 0) is 6.61 Å². The number of nitro benzene ring substituents is 1. The lowest BCUT2D eigenvalue weighted by atomic mass is 9.96. The van der Waals surface area contributed by atoms with Gasteiger partial charge in [-0.25, -0.2) is 4.98 Å². The van der Waals surface area contributed by atoms with Crippen LogP contribution in [0.3, 0.4) is 0 Å². The number of ether oxygens (including phenoxy) is 2. The summed E-state index contributed by atoms with van der Waals surface area (Å²) in [7, 11) is 1.63. The quantitative estimate of drug-likeness (QED) is 0.0929. The van der Waals surface area contributed by atoms with E-state index in [9.17, 15) is 14.9 Å². The molecule has 0 radical (unpaired) electrons.